The smallest absolute Gasteiger partial charge is 0.330 e. The number of carbonyl (C=O) groups is 2. The predicted octanol–water partition coefficient (Wildman–Crippen LogP) is 2.06. The van der Waals surface area contributed by atoms with Gasteiger partial charge < -0.3 is 10.1 Å². The lowest BCUT2D eigenvalue weighted by molar-refractivity contribution is -0.156. The summed E-state index contributed by atoms with van der Waals surface area (Å²) in [6.07, 6.45) is 0. The van der Waals surface area contributed by atoms with Crippen molar-refractivity contribution in [2.45, 2.75) is 32.4 Å². The fourth-order valence-electron chi connectivity index (χ4n) is 1.38. The van der Waals surface area contributed by atoms with E-state index in [1.165, 1.54) is 0 Å². The molecule has 0 fully saturated rings. The van der Waals surface area contributed by atoms with E-state index >= 15 is 0 Å². The van der Waals surface area contributed by atoms with E-state index in [1.807, 2.05) is 6.07 Å². The van der Waals surface area contributed by atoms with Crippen LogP contribution in [-0.4, -0.2) is 29.3 Å². The van der Waals surface area contributed by atoms with Gasteiger partial charge in [0.25, 0.3) is 5.91 Å². The third-order valence-electron chi connectivity index (χ3n) is 2.22. The summed E-state index contributed by atoms with van der Waals surface area (Å²) in [5.41, 5.74) is -0.0895. The number of ether oxygens (including phenoxy) is 1. The minimum absolute atomic E-state index is 0.188. The molecule has 1 aromatic carbocycles. The summed E-state index contributed by atoms with van der Waals surface area (Å²) in [7, 11) is 0. The van der Waals surface area contributed by atoms with Crippen LogP contribution in [0.5, 0.6) is 0 Å². The highest BCUT2D eigenvalue weighted by Gasteiger charge is 2.25. The van der Waals surface area contributed by atoms with E-state index in [0.29, 0.717) is 5.56 Å². The summed E-state index contributed by atoms with van der Waals surface area (Å²) in [4.78, 5) is 23.8. The van der Waals surface area contributed by atoms with Crippen molar-refractivity contribution >= 4 is 24.5 Å². The van der Waals surface area contributed by atoms with Crippen molar-refractivity contribution in [3.8, 4) is 0 Å². The molecule has 1 atom stereocenters. The van der Waals surface area contributed by atoms with Gasteiger partial charge in [0.15, 0.2) is 0 Å². The average molecular weight is 281 g/mol. The van der Waals surface area contributed by atoms with Crippen LogP contribution in [0.1, 0.15) is 31.1 Å². The number of amides is 1. The van der Waals surface area contributed by atoms with Crippen LogP contribution < -0.4 is 5.32 Å². The number of rotatable bonds is 4. The van der Waals surface area contributed by atoms with Crippen molar-refractivity contribution < 1.29 is 14.3 Å². The van der Waals surface area contributed by atoms with Crippen molar-refractivity contribution in [3.63, 3.8) is 0 Å². The molecule has 0 radical (unpaired) electrons. The molecule has 0 saturated heterocycles. The molecule has 0 aliphatic heterocycles. The number of nitrogens with one attached hydrogen (secondary N) is 1. The van der Waals surface area contributed by atoms with Crippen LogP contribution in [0.15, 0.2) is 30.3 Å². The fraction of sp³-hybridized carbons (Fsp3) is 0.429. The highest BCUT2D eigenvalue weighted by Crippen LogP contribution is 2.09. The van der Waals surface area contributed by atoms with E-state index in [2.05, 4.69) is 17.9 Å². The summed E-state index contributed by atoms with van der Waals surface area (Å²) in [5, 5.41) is 2.62. The van der Waals surface area contributed by atoms with Gasteiger partial charge in [0.2, 0.25) is 0 Å². The number of thiol groups is 1. The van der Waals surface area contributed by atoms with Crippen molar-refractivity contribution in [2.24, 2.45) is 0 Å². The zero-order valence-electron chi connectivity index (χ0n) is 11.3. The van der Waals surface area contributed by atoms with Gasteiger partial charge in [-0.3, -0.25) is 4.79 Å². The first-order valence-electron chi connectivity index (χ1n) is 6.03. The van der Waals surface area contributed by atoms with Crippen LogP contribution in [0.4, 0.5) is 0 Å². The predicted molar refractivity (Wildman–Crippen MR) is 77.4 cm³/mol. The number of hydrogen-bond donors (Lipinski definition) is 2. The molecule has 0 bridgehead atoms. The van der Waals surface area contributed by atoms with Gasteiger partial charge in [-0.15, -0.1) is 0 Å². The molecule has 19 heavy (non-hydrogen) atoms. The number of carbonyl (C=O) groups excluding carboxylic acids is 2. The summed E-state index contributed by atoms with van der Waals surface area (Å²) < 4.78 is 5.22. The first kappa shape index (κ1) is 15.6. The van der Waals surface area contributed by atoms with Crippen molar-refractivity contribution in [2.75, 3.05) is 5.75 Å². The van der Waals surface area contributed by atoms with Gasteiger partial charge in [0.1, 0.15) is 11.6 Å². The third-order valence-corrected chi connectivity index (χ3v) is 2.58. The molecule has 1 N–H and O–H groups in total. The molecule has 5 heteroatoms. The van der Waals surface area contributed by atoms with Crippen molar-refractivity contribution in [3.05, 3.63) is 35.9 Å². The maximum Gasteiger partial charge on any atom is 0.330 e. The van der Waals surface area contributed by atoms with Gasteiger partial charge >= 0.3 is 5.97 Å². The Labute approximate surface area is 118 Å². The van der Waals surface area contributed by atoms with E-state index in [1.54, 1.807) is 45.0 Å². The topological polar surface area (TPSA) is 55.4 Å². The summed E-state index contributed by atoms with van der Waals surface area (Å²) >= 11 is 4.08. The first-order valence-corrected chi connectivity index (χ1v) is 6.66. The molecular weight excluding hydrogens is 262 g/mol. The second-order valence-electron chi connectivity index (χ2n) is 5.11. The fourth-order valence-corrected chi connectivity index (χ4v) is 1.62. The highest BCUT2D eigenvalue weighted by atomic mass is 32.1. The van der Waals surface area contributed by atoms with Crippen LogP contribution in [0.3, 0.4) is 0 Å². The van der Waals surface area contributed by atoms with Crippen molar-refractivity contribution in [1.82, 2.24) is 5.32 Å². The lowest BCUT2D eigenvalue weighted by atomic mass is 10.2. The minimum Gasteiger partial charge on any atom is -0.458 e. The van der Waals surface area contributed by atoms with Crippen LogP contribution in [0, 0.1) is 0 Å². The number of esters is 1. The number of benzene rings is 1. The molecule has 0 spiro atoms. The lowest BCUT2D eigenvalue weighted by Crippen LogP contribution is -2.45. The molecule has 0 heterocycles. The van der Waals surface area contributed by atoms with Gasteiger partial charge in [-0.25, -0.2) is 4.79 Å². The molecule has 0 aliphatic rings. The Kier molecular flexibility index (Phi) is 5.42. The summed E-state index contributed by atoms with van der Waals surface area (Å²) in [6.45, 7) is 5.33. The van der Waals surface area contributed by atoms with E-state index < -0.39 is 17.6 Å². The summed E-state index contributed by atoms with van der Waals surface area (Å²) in [6, 6.07) is 7.95. The Bertz CT molecular complexity index is 440. The third kappa shape index (κ3) is 5.34. The molecule has 0 aliphatic carbocycles. The average Bonchev–Trinajstić information content (AvgIpc) is 2.34. The van der Waals surface area contributed by atoms with Gasteiger partial charge in [-0.2, -0.15) is 12.6 Å². The number of hydrogen-bond acceptors (Lipinski definition) is 4. The molecule has 1 aromatic rings. The van der Waals surface area contributed by atoms with Gasteiger partial charge in [-0.05, 0) is 32.9 Å². The maximum absolute atomic E-state index is 11.9. The molecule has 104 valence electrons. The monoisotopic (exact) mass is 281 g/mol. The molecule has 0 aromatic heterocycles. The van der Waals surface area contributed by atoms with Crippen molar-refractivity contribution in [1.29, 1.82) is 0 Å². The normalized spacial score (nSPS) is 12.6. The minimum atomic E-state index is -0.754. The summed E-state index contributed by atoms with van der Waals surface area (Å²) in [5.74, 6) is -0.606. The van der Waals surface area contributed by atoms with E-state index in [0.717, 1.165) is 0 Å². The molecule has 1 rings (SSSR count). The Morgan fingerprint density at radius 2 is 1.84 bits per heavy atom. The first-order chi connectivity index (χ1) is 8.83. The van der Waals surface area contributed by atoms with E-state index in [4.69, 9.17) is 4.74 Å². The van der Waals surface area contributed by atoms with Gasteiger partial charge in [0.05, 0.1) is 0 Å². The maximum atomic E-state index is 11.9. The zero-order valence-corrected chi connectivity index (χ0v) is 12.2. The molecular formula is C14H19NO3S. The van der Waals surface area contributed by atoms with Gasteiger partial charge in [0, 0.05) is 11.3 Å². The van der Waals surface area contributed by atoms with Crippen LogP contribution in [0.2, 0.25) is 0 Å². The standard InChI is InChI=1S/C14H19NO3S/c1-14(2,3)18-13(17)11(9-19)15-12(16)10-7-5-4-6-8-10/h4-8,11,19H,9H2,1-3H3,(H,15,16)/t11-/m1/s1. The molecule has 0 saturated carbocycles. The second kappa shape index (κ2) is 6.61. The van der Waals surface area contributed by atoms with Crippen LogP contribution in [-0.2, 0) is 9.53 Å². The van der Waals surface area contributed by atoms with E-state index in [-0.39, 0.29) is 11.7 Å². The second-order valence-corrected chi connectivity index (χ2v) is 5.47. The quantitative estimate of drug-likeness (QED) is 0.656. The molecule has 4 nitrogen and oxygen atoms in total. The Morgan fingerprint density at radius 3 is 2.32 bits per heavy atom. The molecule has 0 unspecified atom stereocenters. The highest BCUT2D eigenvalue weighted by molar-refractivity contribution is 7.80. The van der Waals surface area contributed by atoms with Crippen LogP contribution in [0.25, 0.3) is 0 Å². The van der Waals surface area contributed by atoms with E-state index in [9.17, 15) is 9.59 Å². The Morgan fingerprint density at radius 1 is 1.26 bits per heavy atom. The Hall–Kier alpha value is -1.49. The molecule has 1 amide bonds. The zero-order chi connectivity index (χ0) is 14.5. The largest absolute Gasteiger partial charge is 0.458 e. The van der Waals surface area contributed by atoms with Crippen LogP contribution >= 0.6 is 12.6 Å². The van der Waals surface area contributed by atoms with Gasteiger partial charge in [-0.1, -0.05) is 18.2 Å². The Balaban J connectivity index is 2.67. The SMILES string of the molecule is CC(C)(C)OC(=O)[C@@H](CS)NC(=O)c1ccccc1. The lowest BCUT2D eigenvalue weighted by Gasteiger charge is -2.23.